The lowest BCUT2D eigenvalue weighted by molar-refractivity contribution is 0.253. The number of anilines is 1. The van der Waals surface area contributed by atoms with Crippen molar-refractivity contribution in [2.24, 2.45) is 5.92 Å². The van der Waals surface area contributed by atoms with E-state index in [-0.39, 0.29) is 0 Å². The van der Waals surface area contributed by atoms with Crippen molar-refractivity contribution < 1.29 is 4.74 Å². The highest BCUT2D eigenvalue weighted by Gasteiger charge is 2.07. The monoisotopic (exact) mass is 244 g/mol. The molecule has 1 atom stereocenters. The van der Waals surface area contributed by atoms with E-state index in [2.05, 4.69) is 18.8 Å². The molecule has 0 bridgehead atoms. The summed E-state index contributed by atoms with van der Waals surface area (Å²) in [6.07, 6.45) is 5.93. The van der Waals surface area contributed by atoms with Crippen molar-refractivity contribution in [1.82, 2.24) is 4.98 Å². The topological polar surface area (TPSA) is 48.1 Å². The second kappa shape index (κ2) is 5.71. The lowest BCUT2D eigenvalue weighted by atomic mass is 10.1. The van der Waals surface area contributed by atoms with Gasteiger partial charge in [0.15, 0.2) is 0 Å². The van der Waals surface area contributed by atoms with Gasteiger partial charge in [-0.2, -0.15) is 0 Å². The third-order valence-electron chi connectivity index (χ3n) is 3.13. The Morgan fingerprint density at radius 1 is 1.33 bits per heavy atom. The van der Waals surface area contributed by atoms with Crippen LogP contribution >= 0.6 is 0 Å². The Balaban J connectivity index is 2.16. The summed E-state index contributed by atoms with van der Waals surface area (Å²) in [5.74, 6) is 1.33. The lowest BCUT2D eigenvalue weighted by Gasteiger charge is -2.14. The van der Waals surface area contributed by atoms with Crippen LogP contribution in [0.3, 0.4) is 0 Å². The van der Waals surface area contributed by atoms with Crippen LogP contribution < -0.4 is 10.5 Å². The molecule has 0 radical (unpaired) electrons. The van der Waals surface area contributed by atoms with Crippen molar-refractivity contribution >= 4 is 16.5 Å². The average molecular weight is 244 g/mol. The van der Waals surface area contributed by atoms with E-state index < -0.39 is 0 Å². The molecule has 96 valence electrons. The number of rotatable bonds is 5. The van der Waals surface area contributed by atoms with Gasteiger partial charge in [-0.1, -0.05) is 20.3 Å². The van der Waals surface area contributed by atoms with Gasteiger partial charge in [0.1, 0.15) is 5.75 Å². The second-order valence-corrected chi connectivity index (χ2v) is 4.78. The second-order valence-electron chi connectivity index (χ2n) is 4.78. The maximum atomic E-state index is 6.13. The van der Waals surface area contributed by atoms with Crippen LogP contribution in [0, 0.1) is 5.92 Å². The number of fused-ring (bicyclic) bond motifs is 1. The number of ether oxygens (including phenoxy) is 1. The molecule has 1 unspecified atom stereocenters. The van der Waals surface area contributed by atoms with Crippen LogP contribution in [0.1, 0.15) is 26.7 Å². The Bertz CT molecular complexity index is 525. The molecule has 1 aromatic heterocycles. The Morgan fingerprint density at radius 3 is 2.94 bits per heavy atom. The molecular formula is C15H20N2O. The Kier molecular flexibility index (Phi) is 4.03. The molecule has 2 N–H and O–H groups in total. The van der Waals surface area contributed by atoms with Gasteiger partial charge in [0.05, 0.1) is 12.3 Å². The van der Waals surface area contributed by atoms with E-state index in [1.165, 1.54) is 12.8 Å². The SMILES string of the molecule is CCCC(C)COc1ccc2cnccc2c1N. The third kappa shape index (κ3) is 2.73. The van der Waals surface area contributed by atoms with Crippen LogP contribution in [0.15, 0.2) is 30.6 Å². The van der Waals surface area contributed by atoms with Gasteiger partial charge in [-0.25, -0.2) is 0 Å². The van der Waals surface area contributed by atoms with E-state index in [1.54, 1.807) is 6.20 Å². The molecule has 2 rings (SSSR count). The summed E-state index contributed by atoms with van der Waals surface area (Å²) < 4.78 is 5.81. The number of benzene rings is 1. The zero-order valence-electron chi connectivity index (χ0n) is 11.0. The molecule has 0 aliphatic carbocycles. The van der Waals surface area contributed by atoms with Gasteiger partial charge in [-0.3, -0.25) is 4.98 Å². The molecule has 18 heavy (non-hydrogen) atoms. The normalized spacial score (nSPS) is 12.6. The van der Waals surface area contributed by atoms with E-state index >= 15 is 0 Å². The Hall–Kier alpha value is -1.77. The molecule has 0 fully saturated rings. The molecule has 2 aromatic rings. The van der Waals surface area contributed by atoms with Crippen molar-refractivity contribution in [3.63, 3.8) is 0 Å². The first-order valence-corrected chi connectivity index (χ1v) is 6.47. The van der Waals surface area contributed by atoms with Gasteiger partial charge in [-0.15, -0.1) is 0 Å². The number of nitrogen functional groups attached to an aromatic ring is 1. The van der Waals surface area contributed by atoms with Crippen LogP contribution in [0.4, 0.5) is 5.69 Å². The molecule has 0 amide bonds. The first kappa shape index (κ1) is 12.7. The van der Waals surface area contributed by atoms with E-state index in [0.29, 0.717) is 18.2 Å². The first-order chi connectivity index (χ1) is 8.72. The zero-order chi connectivity index (χ0) is 13.0. The van der Waals surface area contributed by atoms with Crippen molar-refractivity contribution in [2.45, 2.75) is 26.7 Å². The van der Waals surface area contributed by atoms with Crippen LogP contribution in [-0.2, 0) is 0 Å². The average Bonchev–Trinajstić information content (AvgIpc) is 2.39. The van der Waals surface area contributed by atoms with E-state index in [1.807, 2.05) is 24.4 Å². The van der Waals surface area contributed by atoms with Gasteiger partial charge in [-0.05, 0) is 30.5 Å². The van der Waals surface area contributed by atoms with Gasteiger partial charge >= 0.3 is 0 Å². The molecule has 0 saturated heterocycles. The maximum Gasteiger partial charge on any atom is 0.142 e. The lowest BCUT2D eigenvalue weighted by Crippen LogP contribution is -2.09. The minimum Gasteiger partial charge on any atom is -0.491 e. The van der Waals surface area contributed by atoms with Crippen LogP contribution in [0.2, 0.25) is 0 Å². The molecule has 0 aliphatic rings. The van der Waals surface area contributed by atoms with E-state index in [0.717, 1.165) is 16.5 Å². The summed E-state index contributed by atoms with van der Waals surface area (Å²) in [5.41, 5.74) is 6.83. The van der Waals surface area contributed by atoms with Crippen molar-refractivity contribution in [2.75, 3.05) is 12.3 Å². The van der Waals surface area contributed by atoms with Crippen LogP contribution in [0.5, 0.6) is 5.75 Å². The third-order valence-corrected chi connectivity index (χ3v) is 3.13. The molecule has 3 nitrogen and oxygen atoms in total. The number of hydrogen-bond acceptors (Lipinski definition) is 3. The number of nitrogens with zero attached hydrogens (tertiary/aromatic N) is 1. The standard InChI is InChI=1S/C15H20N2O/c1-3-4-11(2)10-18-14-6-5-12-9-17-8-7-13(12)15(14)16/h5-9,11H,3-4,10,16H2,1-2H3. The number of pyridine rings is 1. The van der Waals surface area contributed by atoms with Crippen molar-refractivity contribution in [1.29, 1.82) is 0 Å². The molecule has 0 aliphatic heterocycles. The fourth-order valence-corrected chi connectivity index (χ4v) is 2.11. The number of aromatic nitrogens is 1. The predicted octanol–water partition coefficient (Wildman–Crippen LogP) is 3.63. The van der Waals surface area contributed by atoms with E-state index in [9.17, 15) is 0 Å². The molecule has 1 aromatic carbocycles. The fraction of sp³-hybridized carbons (Fsp3) is 0.400. The molecular weight excluding hydrogens is 224 g/mol. The highest BCUT2D eigenvalue weighted by atomic mass is 16.5. The first-order valence-electron chi connectivity index (χ1n) is 6.47. The summed E-state index contributed by atoms with van der Waals surface area (Å²) in [6, 6.07) is 5.85. The van der Waals surface area contributed by atoms with Crippen molar-refractivity contribution in [3.8, 4) is 5.75 Å². The van der Waals surface area contributed by atoms with Crippen LogP contribution in [0.25, 0.3) is 10.8 Å². The molecule has 3 heteroatoms. The Morgan fingerprint density at radius 2 is 2.17 bits per heavy atom. The zero-order valence-corrected chi connectivity index (χ0v) is 11.0. The Labute approximate surface area is 108 Å². The summed E-state index contributed by atoms with van der Waals surface area (Å²) in [4.78, 5) is 4.09. The predicted molar refractivity (Wildman–Crippen MR) is 75.7 cm³/mol. The smallest absolute Gasteiger partial charge is 0.142 e. The minimum atomic E-state index is 0.558. The quantitative estimate of drug-likeness (QED) is 0.817. The number of nitrogens with two attached hydrogens (primary N) is 1. The van der Waals surface area contributed by atoms with Crippen LogP contribution in [-0.4, -0.2) is 11.6 Å². The van der Waals surface area contributed by atoms with Gasteiger partial charge in [0.25, 0.3) is 0 Å². The molecule has 0 spiro atoms. The van der Waals surface area contributed by atoms with Crippen molar-refractivity contribution in [3.05, 3.63) is 30.6 Å². The summed E-state index contributed by atoms with van der Waals surface area (Å²) in [5, 5.41) is 2.05. The van der Waals surface area contributed by atoms with Gasteiger partial charge in [0, 0.05) is 23.2 Å². The number of hydrogen-bond donors (Lipinski definition) is 1. The fourth-order valence-electron chi connectivity index (χ4n) is 2.11. The highest BCUT2D eigenvalue weighted by Crippen LogP contribution is 2.30. The molecule has 1 heterocycles. The summed E-state index contributed by atoms with van der Waals surface area (Å²) >= 11 is 0. The summed E-state index contributed by atoms with van der Waals surface area (Å²) in [6.45, 7) is 5.10. The highest BCUT2D eigenvalue weighted by molar-refractivity contribution is 5.95. The minimum absolute atomic E-state index is 0.558. The van der Waals surface area contributed by atoms with Gasteiger partial charge in [0.2, 0.25) is 0 Å². The molecule has 0 saturated carbocycles. The largest absolute Gasteiger partial charge is 0.491 e. The maximum absolute atomic E-state index is 6.13. The van der Waals surface area contributed by atoms with E-state index in [4.69, 9.17) is 10.5 Å². The summed E-state index contributed by atoms with van der Waals surface area (Å²) in [7, 11) is 0. The van der Waals surface area contributed by atoms with Gasteiger partial charge < -0.3 is 10.5 Å².